The minimum Gasteiger partial charge on any atom is -0.311 e. The normalized spacial score (nSPS) is 14.2. The van der Waals surface area contributed by atoms with E-state index in [9.17, 15) is 9.59 Å². The van der Waals surface area contributed by atoms with Gasteiger partial charge < -0.3 is 9.80 Å². The van der Waals surface area contributed by atoms with Gasteiger partial charge in [-0.15, -0.1) is 0 Å². The molecule has 0 aromatic heterocycles. The molecule has 0 saturated heterocycles. The Bertz CT molecular complexity index is 743. The first-order valence-corrected chi connectivity index (χ1v) is 7.90. The molecule has 2 amide bonds. The number of anilines is 2. The lowest BCUT2D eigenvalue weighted by Crippen LogP contribution is -2.31. The minimum absolute atomic E-state index is 0.0155. The Morgan fingerprint density at radius 3 is 2.09 bits per heavy atom. The summed E-state index contributed by atoms with van der Waals surface area (Å²) in [7, 11) is 0. The van der Waals surface area contributed by atoms with Crippen LogP contribution in [-0.4, -0.2) is 24.9 Å². The number of nitrogens with zero attached hydrogens (tertiary/aromatic N) is 2. The van der Waals surface area contributed by atoms with Crippen LogP contribution in [0, 0.1) is 0 Å². The summed E-state index contributed by atoms with van der Waals surface area (Å²) in [4.78, 5) is 28.3. The Kier molecular flexibility index (Phi) is 4.35. The van der Waals surface area contributed by atoms with E-state index in [2.05, 4.69) is 0 Å². The molecule has 1 aliphatic rings. The largest absolute Gasteiger partial charge is 0.311 e. The van der Waals surface area contributed by atoms with E-state index in [1.54, 1.807) is 41.0 Å². The smallest absolute Gasteiger partial charge is 0.258 e. The third-order valence-electron chi connectivity index (χ3n) is 3.94. The van der Waals surface area contributed by atoms with Crippen LogP contribution >= 0.6 is 11.6 Å². The fourth-order valence-electron chi connectivity index (χ4n) is 2.83. The zero-order valence-corrected chi connectivity index (χ0v) is 13.6. The van der Waals surface area contributed by atoms with Crippen molar-refractivity contribution in [3.8, 4) is 0 Å². The van der Waals surface area contributed by atoms with E-state index in [1.165, 1.54) is 0 Å². The molecule has 23 heavy (non-hydrogen) atoms. The summed E-state index contributed by atoms with van der Waals surface area (Å²) in [5.74, 6) is -0.0993. The predicted octanol–water partition coefficient (Wildman–Crippen LogP) is 3.74. The summed E-state index contributed by atoms with van der Waals surface area (Å²) in [6, 6.07) is 14.4. The van der Waals surface area contributed by atoms with E-state index in [0.717, 1.165) is 17.8 Å². The monoisotopic (exact) mass is 328 g/mol. The molecule has 0 spiro atoms. The second-order valence-corrected chi connectivity index (χ2v) is 5.91. The van der Waals surface area contributed by atoms with Crippen molar-refractivity contribution >= 4 is 34.8 Å². The van der Waals surface area contributed by atoms with Gasteiger partial charge in [-0.3, -0.25) is 9.59 Å². The number of amides is 2. The Morgan fingerprint density at radius 1 is 0.913 bits per heavy atom. The molecule has 0 radical (unpaired) electrons. The average Bonchev–Trinajstić information content (AvgIpc) is 2.74. The predicted molar refractivity (Wildman–Crippen MR) is 92.2 cm³/mol. The minimum atomic E-state index is -0.0838. The molecule has 0 saturated carbocycles. The summed E-state index contributed by atoms with van der Waals surface area (Å²) in [5.41, 5.74) is 2.13. The van der Waals surface area contributed by atoms with Gasteiger partial charge in [0.2, 0.25) is 5.91 Å². The van der Waals surface area contributed by atoms with Gasteiger partial charge in [-0.1, -0.05) is 23.7 Å². The highest BCUT2D eigenvalue weighted by atomic mass is 35.5. The second-order valence-electron chi connectivity index (χ2n) is 5.48. The van der Waals surface area contributed by atoms with Gasteiger partial charge in [0, 0.05) is 30.6 Å². The number of hydrogen-bond donors (Lipinski definition) is 0. The summed E-state index contributed by atoms with van der Waals surface area (Å²) < 4.78 is 0. The van der Waals surface area contributed by atoms with E-state index >= 15 is 0 Å². The molecule has 2 aromatic carbocycles. The quantitative estimate of drug-likeness (QED) is 0.800. The molecule has 1 aliphatic heterocycles. The number of halogens is 1. The number of fused-ring (bicyclic) bond motifs is 1. The standard InChI is InChI=1S/C18H17ClN2O2/c1-13(22)20-11-4-12-21(17-6-3-2-5-16(17)20)18(23)14-7-9-15(19)10-8-14/h2-3,5-10H,4,11-12H2,1H3. The lowest BCUT2D eigenvalue weighted by Gasteiger charge is -2.25. The van der Waals surface area contributed by atoms with E-state index in [1.807, 2.05) is 24.3 Å². The lowest BCUT2D eigenvalue weighted by atomic mass is 10.1. The molecule has 0 aliphatic carbocycles. The van der Waals surface area contributed by atoms with Gasteiger partial charge in [0.1, 0.15) is 0 Å². The molecule has 0 unspecified atom stereocenters. The highest BCUT2D eigenvalue weighted by Crippen LogP contribution is 2.33. The Labute approximate surface area is 140 Å². The molecule has 0 N–H and O–H groups in total. The van der Waals surface area contributed by atoms with Gasteiger partial charge in [-0.2, -0.15) is 0 Å². The fraction of sp³-hybridized carbons (Fsp3) is 0.222. The first-order valence-electron chi connectivity index (χ1n) is 7.52. The zero-order chi connectivity index (χ0) is 16.4. The topological polar surface area (TPSA) is 40.6 Å². The van der Waals surface area contributed by atoms with Crippen molar-refractivity contribution in [3.05, 3.63) is 59.1 Å². The number of rotatable bonds is 1. The molecular weight excluding hydrogens is 312 g/mol. The Morgan fingerprint density at radius 2 is 1.48 bits per heavy atom. The van der Waals surface area contributed by atoms with Crippen LogP contribution in [0.2, 0.25) is 5.02 Å². The molecule has 3 rings (SSSR count). The van der Waals surface area contributed by atoms with Gasteiger partial charge in [-0.25, -0.2) is 0 Å². The van der Waals surface area contributed by atoms with Crippen LogP contribution in [-0.2, 0) is 4.79 Å². The first kappa shape index (κ1) is 15.6. The number of para-hydroxylation sites is 2. The van der Waals surface area contributed by atoms with Crippen molar-refractivity contribution in [2.24, 2.45) is 0 Å². The van der Waals surface area contributed by atoms with Crippen molar-refractivity contribution in [2.45, 2.75) is 13.3 Å². The Balaban J connectivity index is 2.02. The third kappa shape index (κ3) is 3.08. The van der Waals surface area contributed by atoms with Crippen molar-refractivity contribution in [1.82, 2.24) is 0 Å². The summed E-state index contributed by atoms with van der Waals surface area (Å²) >= 11 is 5.89. The van der Waals surface area contributed by atoms with Crippen LogP contribution in [0.4, 0.5) is 11.4 Å². The van der Waals surface area contributed by atoms with Crippen molar-refractivity contribution in [3.63, 3.8) is 0 Å². The third-order valence-corrected chi connectivity index (χ3v) is 4.20. The first-order chi connectivity index (χ1) is 11.1. The van der Waals surface area contributed by atoms with Crippen LogP contribution in [0.3, 0.4) is 0 Å². The van der Waals surface area contributed by atoms with E-state index in [-0.39, 0.29) is 11.8 Å². The molecule has 0 atom stereocenters. The number of carbonyl (C=O) groups is 2. The lowest BCUT2D eigenvalue weighted by molar-refractivity contribution is -0.116. The van der Waals surface area contributed by atoms with Gasteiger partial charge in [0.15, 0.2) is 0 Å². The highest BCUT2D eigenvalue weighted by Gasteiger charge is 2.26. The maximum Gasteiger partial charge on any atom is 0.258 e. The van der Waals surface area contributed by atoms with Gasteiger partial charge in [-0.05, 0) is 42.8 Å². The summed E-state index contributed by atoms with van der Waals surface area (Å²) in [5, 5.41) is 0.598. The van der Waals surface area contributed by atoms with Gasteiger partial charge >= 0.3 is 0 Å². The molecule has 0 fully saturated rings. The average molecular weight is 329 g/mol. The number of benzene rings is 2. The maximum absolute atomic E-state index is 12.9. The molecule has 2 aromatic rings. The van der Waals surface area contributed by atoms with Gasteiger partial charge in [0.05, 0.1) is 11.4 Å². The number of carbonyl (C=O) groups excluding carboxylic acids is 2. The van der Waals surface area contributed by atoms with Crippen LogP contribution in [0.15, 0.2) is 48.5 Å². The van der Waals surface area contributed by atoms with Crippen LogP contribution in [0.25, 0.3) is 0 Å². The van der Waals surface area contributed by atoms with Crippen molar-refractivity contribution in [1.29, 1.82) is 0 Å². The molecule has 1 heterocycles. The molecule has 118 valence electrons. The van der Waals surface area contributed by atoms with E-state index < -0.39 is 0 Å². The molecule has 4 nitrogen and oxygen atoms in total. The fourth-order valence-corrected chi connectivity index (χ4v) is 2.96. The van der Waals surface area contributed by atoms with E-state index in [0.29, 0.717) is 23.7 Å². The van der Waals surface area contributed by atoms with E-state index in [4.69, 9.17) is 11.6 Å². The van der Waals surface area contributed by atoms with Crippen molar-refractivity contribution in [2.75, 3.05) is 22.9 Å². The second kappa shape index (κ2) is 6.42. The Hall–Kier alpha value is -2.33. The van der Waals surface area contributed by atoms with Gasteiger partial charge in [0.25, 0.3) is 5.91 Å². The maximum atomic E-state index is 12.9. The van der Waals surface area contributed by atoms with Crippen LogP contribution in [0.1, 0.15) is 23.7 Å². The molecular formula is C18H17ClN2O2. The van der Waals surface area contributed by atoms with Crippen LogP contribution < -0.4 is 9.80 Å². The van der Waals surface area contributed by atoms with Crippen LogP contribution in [0.5, 0.6) is 0 Å². The molecule has 5 heteroatoms. The number of hydrogen-bond acceptors (Lipinski definition) is 2. The summed E-state index contributed by atoms with van der Waals surface area (Å²) in [6.07, 6.45) is 0.730. The van der Waals surface area contributed by atoms with Crippen molar-refractivity contribution < 1.29 is 9.59 Å². The zero-order valence-electron chi connectivity index (χ0n) is 12.8. The molecule has 0 bridgehead atoms. The highest BCUT2D eigenvalue weighted by molar-refractivity contribution is 6.30. The summed E-state index contributed by atoms with van der Waals surface area (Å²) in [6.45, 7) is 2.73. The SMILES string of the molecule is CC(=O)N1CCCN(C(=O)c2ccc(Cl)cc2)c2ccccc21.